The van der Waals surface area contributed by atoms with Gasteiger partial charge in [-0.15, -0.1) is 0 Å². The number of methoxy groups -OCH3 is 1. The third-order valence-electron chi connectivity index (χ3n) is 3.27. The molecule has 5 heteroatoms. The van der Waals surface area contributed by atoms with Gasteiger partial charge in [-0.3, -0.25) is 0 Å². The maximum Gasteiger partial charge on any atom is 0.133 e. The number of hydrogen-bond donors (Lipinski definition) is 2. The summed E-state index contributed by atoms with van der Waals surface area (Å²) in [5.74, 6) is 1.91. The molecule has 108 valence electrons. The molecule has 1 aromatic heterocycles. The van der Waals surface area contributed by atoms with E-state index in [0.717, 1.165) is 35.4 Å². The zero-order chi connectivity index (χ0) is 14.4. The second kappa shape index (κ2) is 7.45. The van der Waals surface area contributed by atoms with E-state index in [4.69, 9.17) is 4.74 Å². The minimum absolute atomic E-state index is 0.314. The molecule has 1 atom stereocenters. The van der Waals surface area contributed by atoms with E-state index in [-0.39, 0.29) is 0 Å². The van der Waals surface area contributed by atoms with Crippen molar-refractivity contribution in [1.82, 2.24) is 15.3 Å². The summed E-state index contributed by atoms with van der Waals surface area (Å²) in [4.78, 5) is 7.34. The summed E-state index contributed by atoms with van der Waals surface area (Å²) in [7, 11) is 1.68. The van der Waals surface area contributed by atoms with Crippen LogP contribution in [0.2, 0.25) is 0 Å². The molecule has 0 saturated heterocycles. The molecule has 0 aliphatic carbocycles. The van der Waals surface area contributed by atoms with E-state index >= 15 is 0 Å². The van der Waals surface area contributed by atoms with Crippen LogP contribution in [0.5, 0.6) is 5.75 Å². The molecule has 2 rings (SSSR count). The lowest BCUT2D eigenvalue weighted by atomic mass is 10.1. The van der Waals surface area contributed by atoms with Crippen molar-refractivity contribution >= 4 is 15.9 Å². The predicted octanol–water partition coefficient (Wildman–Crippen LogP) is 3.46. The first kappa shape index (κ1) is 15.1. The summed E-state index contributed by atoms with van der Waals surface area (Å²) in [6, 6.07) is 6.49. The van der Waals surface area contributed by atoms with Crippen LogP contribution < -0.4 is 10.1 Å². The van der Waals surface area contributed by atoms with Crippen molar-refractivity contribution in [2.45, 2.75) is 25.8 Å². The van der Waals surface area contributed by atoms with E-state index in [1.807, 2.05) is 12.3 Å². The Kier molecular flexibility index (Phi) is 5.61. The Hall–Kier alpha value is -1.33. The van der Waals surface area contributed by atoms with Gasteiger partial charge in [-0.1, -0.05) is 6.07 Å². The van der Waals surface area contributed by atoms with Crippen LogP contribution in [-0.4, -0.2) is 23.6 Å². The van der Waals surface area contributed by atoms with Crippen molar-refractivity contribution in [1.29, 1.82) is 0 Å². The van der Waals surface area contributed by atoms with Crippen LogP contribution in [0.3, 0.4) is 0 Å². The molecule has 0 aliphatic heterocycles. The number of nitrogens with one attached hydrogen (secondary N) is 2. The van der Waals surface area contributed by atoms with E-state index in [1.54, 1.807) is 13.3 Å². The SMILES string of the molecule is COc1ccc(C(C)NCCCc2ncc[nH]2)cc1Br. The molecule has 20 heavy (non-hydrogen) atoms. The second-order valence-corrected chi connectivity index (χ2v) is 5.56. The van der Waals surface area contributed by atoms with Crippen LogP contribution in [0.4, 0.5) is 0 Å². The lowest BCUT2D eigenvalue weighted by molar-refractivity contribution is 0.411. The summed E-state index contributed by atoms with van der Waals surface area (Å²) in [5, 5.41) is 3.52. The standard InChI is InChI=1S/C15H20BrN3O/c1-11(12-5-6-14(20-2)13(16)10-12)17-7-3-4-15-18-8-9-19-15/h5-6,8-11,17H,3-4,7H2,1-2H3,(H,18,19). The number of halogens is 1. The second-order valence-electron chi connectivity index (χ2n) is 4.71. The molecule has 0 aliphatic rings. The molecular weight excluding hydrogens is 318 g/mol. The first-order valence-corrected chi connectivity index (χ1v) is 7.55. The van der Waals surface area contributed by atoms with E-state index in [1.165, 1.54) is 5.56 Å². The average Bonchev–Trinajstić information content (AvgIpc) is 2.96. The van der Waals surface area contributed by atoms with Gasteiger partial charge in [-0.05, 0) is 53.5 Å². The lowest BCUT2D eigenvalue weighted by Crippen LogP contribution is -2.20. The van der Waals surface area contributed by atoms with Crippen LogP contribution in [0.15, 0.2) is 35.1 Å². The van der Waals surface area contributed by atoms with Crippen molar-refractivity contribution in [3.8, 4) is 5.75 Å². The van der Waals surface area contributed by atoms with Gasteiger partial charge in [0.1, 0.15) is 11.6 Å². The average molecular weight is 338 g/mol. The number of rotatable bonds is 7. The molecule has 2 aromatic rings. The molecular formula is C15H20BrN3O. The lowest BCUT2D eigenvalue weighted by Gasteiger charge is -2.15. The van der Waals surface area contributed by atoms with Gasteiger partial charge in [0.15, 0.2) is 0 Å². The van der Waals surface area contributed by atoms with Gasteiger partial charge in [0.05, 0.1) is 11.6 Å². The Bertz CT molecular complexity index is 528. The normalized spacial score (nSPS) is 12.3. The van der Waals surface area contributed by atoms with Crippen molar-refractivity contribution in [2.75, 3.05) is 13.7 Å². The number of benzene rings is 1. The first-order valence-electron chi connectivity index (χ1n) is 6.76. The minimum atomic E-state index is 0.314. The van der Waals surface area contributed by atoms with Gasteiger partial charge in [-0.2, -0.15) is 0 Å². The highest BCUT2D eigenvalue weighted by Crippen LogP contribution is 2.27. The topological polar surface area (TPSA) is 49.9 Å². The van der Waals surface area contributed by atoms with Gasteiger partial charge < -0.3 is 15.0 Å². The first-order chi connectivity index (χ1) is 9.70. The minimum Gasteiger partial charge on any atom is -0.496 e. The Morgan fingerprint density at radius 1 is 1.45 bits per heavy atom. The third-order valence-corrected chi connectivity index (χ3v) is 3.89. The van der Waals surface area contributed by atoms with Crippen LogP contribution in [-0.2, 0) is 6.42 Å². The zero-order valence-corrected chi connectivity index (χ0v) is 13.4. The molecule has 2 N–H and O–H groups in total. The molecule has 0 amide bonds. The fraction of sp³-hybridized carbons (Fsp3) is 0.400. The number of ether oxygens (including phenoxy) is 1. The number of aryl methyl sites for hydroxylation is 1. The smallest absolute Gasteiger partial charge is 0.133 e. The van der Waals surface area contributed by atoms with Crippen LogP contribution >= 0.6 is 15.9 Å². The Morgan fingerprint density at radius 2 is 2.30 bits per heavy atom. The van der Waals surface area contributed by atoms with E-state index in [9.17, 15) is 0 Å². The maximum atomic E-state index is 5.24. The molecule has 0 bridgehead atoms. The molecule has 1 unspecified atom stereocenters. The Balaban J connectivity index is 1.79. The number of imidazole rings is 1. The Labute approximate surface area is 128 Å². The molecule has 0 fully saturated rings. The summed E-state index contributed by atoms with van der Waals surface area (Å²) >= 11 is 3.52. The number of nitrogens with zero attached hydrogens (tertiary/aromatic N) is 1. The van der Waals surface area contributed by atoms with Gasteiger partial charge in [0, 0.05) is 24.9 Å². The zero-order valence-electron chi connectivity index (χ0n) is 11.8. The molecule has 0 radical (unpaired) electrons. The molecule has 1 aromatic carbocycles. The number of H-pyrrole nitrogens is 1. The van der Waals surface area contributed by atoms with Crippen molar-refractivity contribution in [3.05, 3.63) is 46.5 Å². The van der Waals surface area contributed by atoms with Gasteiger partial charge in [0.25, 0.3) is 0 Å². The summed E-state index contributed by atoms with van der Waals surface area (Å²) in [5.41, 5.74) is 1.25. The third kappa shape index (κ3) is 4.08. The van der Waals surface area contributed by atoms with Gasteiger partial charge >= 0.3 is 0 Å². The monoisotopic (exact) mass is 337 g/mol. The van der Waals surface area contributed by atoms with E-state index < -0.39 is 0 Å². The van der Waals surface area contributed by atoms with Gasteiger partial charge in [-0.25, -0.2) is 4.98 Å². The van der Waals surface area contributed by atoms with Crippen molar-refractivity contribution in [3.63, 3.8) is 0 Å². The number of hydrogen-bond acceptors (Lipinski definition) is 3. The predicted molar refractivity (Wildman–Crippen MR) is 84.0 cm³/mol. The molecule has 0 spiro atoms. The van der Waals surface area contributed by atoms with Crippen LogP contribution in [0, 0.1) is 0 Å². The molecule has 0 saturated carbocycles. The van der Waals surface area contributed by atoms with Crippen LogP contribution in [0.1, 0.15) is 30.8 Å². The quantitative estimate of drug-likeness (QED) is 0.760. The highest BCUT2D eigenvalue weighted by molar-refractivity contribution is 9.10. The number of aromatic nitrogens is 2. The number of aromatic amines is 1. The molecule has 1 heterocycles. The van der Waals surface area contributed by atoms with Crippen LogP contribution in [0.25, 0.3) is 0 Å². The molecule has 4 nitrogen and oxygen atoms in total. The highest BCUT2D eigenvalue weighted by atomic mass is 79.9. The highest BCUT2D eigenvalue weighted by Gasteiger charge is 2.07. The maximum absolute atomic E-state index is 5.24. The largest absolute Gasteiger partial charge is 0.496 e. The van der Waals surface area contributed by atoms with E-state index in [0.29, 0.717) is 6.04 Å². The van der Waals surface area contributed by atoms with Crippen molar-refractivity contribution in [2.24, 2.45) is 0 Å². The van der Waals surface area contributed by atoms with E-state index in [2.05, 4.69) is 50.3 Å². The Morgan fingerprint density at radius 3 is 2.95 bits per heavy atom. The summed E-state index contributed by atoms with van der Waals surface area (Å²) in [6.07, 6.45) is 5.69. The van der Waals surface area contributed by atoms with Gasteiger partial charge in [0.2, 0.25) is 0 Å². The fourth-order valence-electron chi connectivity index (χ4n) is 2.08. The van der Waals surface area contributed by atoms with Crippen molar-refractivity contribution < 1.29 is 4.74 Å². The summed E-state index contributed by atoms with van der Waals surface area (Å²) < 4.78 is 6.23. The summed E-state index contributed by atoms with van der Waals surface area (Å²) in [6.45, 7) is 3.13. The fourth-order valence-corrected chi connectivity index (χ4v) is 2.64.